The normalized spacial score (nSPS) is 12.0. The first kappa shape index (κ1) is 20.9. The highest BCUT2D eigenvalue weighted by Gasteiger charge is 2.23. The van der Waals surface area contributed by atoms with Crippen LogP contribution in [-0.2, 0) is 4.74 Å². The lowest BCUT2D eigenvalue weighted by Gasteiger charge is -2.18. The van der Waals surface area contributed by atoms with Gasteiger partial charge in [0.25, 0.3) is 0 Å². The van der Waals surface area contributed by atoms with Crippen molar-refractivity contribution in [1.82, 2.24) is 0 Å². The van der Waals surface area contributed by atoms with Crippen molar-refractivity contribution in [3.05, 3.63) is 86.4 Å². The Morgan fingerprint density at radius 2 is 1.74 bits per heavy atom. The molecule has 0 saturated carbocycles. The summed E-state index contributed by atoms with van der Waals surface area (Å²) >= 11 is 1.44. The van der Waals surface area contributed by atoms with E-state index < -0.39 is 5.97 Å². The summed E-state index contributed by atoms with van der Waals surface area (Å²) in [7, 11) is 1.36. The van der Waals surface area contributed by atoms with Crippen LogP contribution in [0.4, 0.5) is 5.69 Å². The molecule has 1 atom stereocenters. The number of carbonyl (C=O) groups is 1. The fraction of sp³-hybridized carbons (Fsp3) is 0.200. The first-order chi connectivity index (χ1) is 14.9. The van der Waals surface area contributed by atoms with Crippen LogP contribution in [0.25, 0.3) is 21.6 Å². The predicted molar refractivity (Wildman–Crippen MR) is 125 cm³/mol. The average Bonchev–Trinajstić information content (AvgIpc) is 3.12. The maximum atomic E-state index is 13.1. The number of thiophene rings is 1. The second-order valence-corrected chi connectivity index (χ2v) is 8.61. The van der Waals surface area contributed by atoms with Crippen molar-refractivity contribution in [2.24, 2.45) is 0 Å². The second-order valence-electron chi connectivity index (χ2n) is 7.38. The highest BCUT2D eigenvalue weighted by molar-refractivity contribution is 7.19. The van der Waals surface area contributed by atoms with Gasteiger partial charge in [-0.25, -0.2) is 4.79 Å². The van der Waals surface area contributed by atoms with Gasteiger partial charge in [0.15, 0.2) is 5.58 Å². The predicted octanol–water partition coefficient (Wildman–Crippen LogP) is 6.10. The summed E-state index contributed by atoms with van der Waals surface area (Å²) in [6.45, 7) is 5.78. The van der Waals surface area contributed by atoms with Crippen LogP contribution in [0, 0.1) is 13.8 Å². The van der Waals surface area contributed by atoms with Crippen LogP contribution in [0.1, 0.15) is 39.3 Å². The van der Waals surface area contributed by atoms with E-state index in [4.69, 9.17) is 9.15 Å². The molecule has 0 spiro atoms. The molecule has 0 aliphatic heterocycles. The zero-order chi connectivity index (χ0) is 22.1. The molecule has 1 unspecified atom stereocenters. The Balaban J connectivity index is 1.83. The fourth-order valence-corrected chi connectivity index (χ4v) is 4.98. The van der Waals surface area contributed by atoms with Gasteiger partial charge in [0.05, 0.1) is 18.7 Å². The van der Waals surface area contributed by atoms with Crippen LogP contribution >= 0.6 is 11.3 Å². The smallest absolute Gasteiger partial charge is 0.339 e. The van der Waals surface area contributed by atoms with Gasteiger partial charge in [0, 0.05) is 27.3 Å². The molecule has 4 rings (SSSR count). The standard InChI is InChI=1S/C25H23NO4S/c1-14-21(27)24-23(30-22(14)17-10-6-5-7-11-17)20(16(3)31-24)15(2)26-19-13-9-8-12-18(19)25(28)29-4/h5-13,15,26H,1-4H3. The number of hydrogen-bond donors (Lipinski definition) is 1. The van der Waals surface area contributed by atoms with Crippen LogP contribution in [-0.4, -0.2) is 13.1 Å². The van der Waals surface area contributed by atoms with Crippen LogP contribution in [0.3, 0.4) is 0 Å². The third kappa shape index (κ3) is 3.75. The van der Waals surface area contributed by atoms with E-state index >= 15 is 0 Å². The monoisotopic (exact) mass is 433 g/mol. The first-order valence-corrected chi connectivity index (χ1v) is 10.8. The van der Waals surface area contributed by atoms with Gasteiger partial charge >= 0.3 is 5.97 Å². The number of ether oxygens (including phenoxy) is 1. The SMILES string of the molecule is COC(=O)c1ccccc1NC(C)c1c(C)sc2c(=O)c(C)c(-c3ccccc3)oc12. The number of aryl methyl sites for hydroxylation is 1. The van der Waals surface area contributed by atoms with E-state index in [1.165, 1.54) is 18.4 Å². The number of anilines is 1. The summed E-state index contributed by atoms with van der Waals surface area (Å²) in [4.78, 5) is 26.3. The van der Waals surface area contributed by atoms with Gasteiger partial charge in [0.2, 0.25) is 5.43 Å². The third-order valence-corrected chi connectivity index (χ3v) is 6.45. The summed E-state index contributed by atoms with van der Waals surface area (Å²) in [5.41, 5.74) is 4.08. The molecule has 0 fully saturated rings. The number of nitrogens with one attached hydrogen (secondary N) is 1. The van der Waals surface area contributed by atoms with Crippen molar-refractivity contribution in [3.8, 4) is 11.3 Å². The number of fused-ring (bicyclic) bond motifs is 1. The van der Waals surface area contributed by atoms with Crippen molar-refractivity contribution >= 4 is 33.3 Å². The lowest BCUT2D eigenvalue weighted by atomic mass is 10.0. The number of carbonyl (C=O) groups excluding carboxylic acids is 1. The quantitative estimate of drug-likeness (QED) is 0.385. The number of hydrogen-bond acceptors (Lipinski definition) is 6. The van der Waals surface area contributed by atoms with Gasteiger partial charge < -0.3 is 14.5 Å². The van der Waals surface area contributed by atoms with Crippen LogP contribution in [0.15, 0.2) is 63.8 Å². The van der Waals surface area contributed by atoms with E-state index in [1.54, 1.807) is 19.1 Å². The minimum Gasteiger partial charge on any atom is -0.465 e. The zero-order valence-electron chi connectivity index (χ0n) is 17.8. The molecule has 0 saturated heterocycles. The van der Waals surface area contributed by atoms with E-state index in [0.717, 1.165) is 16.0 Å². The Bertz CT molecular complexity index is 1320. The van der Waals surface area contributed by atoms with Gasteiger partial charge in [-0.15, -0.1) is 11.3 Å². The van der Waals surface area contributed by atoms with Crippen molar-refractivity contribution in [3.63, 3.8) is 0 Å². The van der Waals surface area contributed by atoms with Crippen LogP contribution < -0.4 is 10.7 Å². The third-order valence-electron chi connectivity index (χ3n) is 5.35. The Morgan fingerprint density at radius 3 is 2.45 bits per heavy atom. The van der Waals surface area contributed by atoms with Gasteiger partial charge in [-0.2, -0.15) is 0 Å². The van der Waals surface area contributed by atoms with Gasteiger partial charge in [0.1, 0.15) is 10.5 Å². The second kappa shape index (κ2) is 8.40. The minimum atomic E-state index is -0.407. The highest BCUT2D eigenvalue weighted by atomic mass is 32.1. The van der Waals surface area contributed by atoms with Crippen molar-refractivity contribution in [1.29, 1.82) is 0 Å². The maximum Gasteiger partial charge on any atom is 0.339 e. The topological polar surface area (TPSA) is 68.5 Å². The maximum absolute atomic E-state index is 13.1. The van der Waals surface area contributed by atoms with E-state index in [1.807, 2.05) is 56.3 Å². The van der Waals surface area contributed by atoms with Crippen molar-refractivity contribution in [2.45, 2.75) is 26.8 Å². The number of benzene rings is 2. The van der Waals surface area contributed by atoms with Crippen LogP contribution in [0.2, 0.25) is 0 Å². The lowest BCUT2D eigenvalue weighted by Crippen LogP contribution is -2.12. The molecule has 6 heteroatoms. The molecule has 158 valence electrons. The van der Waals surface area contributed by atoms with Crippen molar-refractivity contribution in [2.75, 3.05) is 12.4 Å². The molecule has 5 nitrogen and oxygen atoms in total. The Morgan fingerprint density at radius 1 is 1.06 bits per heavy atom. The molecule has 0 aliphatic rings. The van der Waals surface area contributed by atoms with Gasteiger partial charge in [-0.05, 0) is 32.9 Å². The molecule has 2 aromatic heterocycles. The van der Waals surface area contributed by atoms with E-state index in [0.29, 0.717) is 32.9 Å². The number of rotatable bonds is 5. The molecule has 4 aromatic rings. The average molecular weight is 434 g/mol. The molecule has 0 aliphatic carbocycles. The minimum absolute atomic E-state index is 0.0124. The Kier molecular flexibility index (Phi) is 5.65. The molecule has 1 N–H and O–H groups in total. The first-order valence-electron chi connectivity index (χ1n) is 9.98. The highest BCUT2D eigenvalue weighted by Crippen LogP contribution is 2.38. The summed E-state index contributed by atoms with van der Waals surface area (Å²) in [5.74, 6) is 0.176. The fourth-order valence-electron chi connectivity index (χ4n) is 3.81. The summed E-state index contributed by atoms with van der Waals surface area (Å²) in [6, 6.07) is 16.7. The van der Waals surface area contributed by atoms with Gasteiger partial charge in [-0.3, -0.25) is 4.79 Å². The Hall–Kier alpha value is -3.38. The zero-order valence-corrected chi connectivity index (χ0v) is 18.6. The molecule has 0 amide bonds. The number of methoxy groups -OCH3 is 1. The van der Waals surface area contributed by atoms with E-state index in [2.05, 4.69) is 5.32 Å². The summed E-state index contributed by atoms with van der Waals surface area (Å²) in [6.07, 6.45) is 0. The molecule has 31 heavy (non-hydrogen) atoms. The Labute approximate surface area is 184 Å². The summed E-state index contributed by atoms with van der Waals surface area (Å²) < 4.78 is 11.9. The molecular weight excluding hydrogens is 410 g/mol. The van der Waals surface area contributed by atoms with E-state index in [9.17, 15) is 9.59 Å². The largest absolute Gasteiger partial charge is 0.465 e. The van der Waals surface area contributed by atoms with Gasteiger partial charge in [-0.1, -0.05) is 42.5 Å². The lowest BCUT2D eigenvalue weighted by molar-refractivity contribution is 0.0602. The molecule has 0 bridgehead atoms. The molecule has 2 heterocycles. The van der Waals surface area contributed by atoms with Crippen LogP contribution in [0.5, 0.6) is 0 Å². The molecule has 0 radical (unpaired) electrons. The summed E-state index contributed by atoms with van der Waals surface area (Å²) in [5, 5.41) is 3.40. The van der Waals surface area contributed by atoms with Crippen molar-refractivity contribution < 1.29 is 13.9 Å². The molecular formula is C25H23NO4S. The number of esters is 1. The number of para-hydroxylation sites is 1. The van der Waals surface area contributed by atoms with E-state index in [-0.39, 0.29) is 11.5 Å². The molecule has 2 aromatic carbocycles.